The predicted octanol–water partition coefficient (Wildman–Crippen LogP) is 3.30. The molecule has 6 heteroatoms. The molecule has 2 heterocycles. The number of aromatic carboxylic acids is 1. The molecule has 1 aliphatic carbocycles. The number of aryl methyl sites for hydroxylation is 2. The van der Waals surface area contributed by atoms with E-state index in [1.807, 2.05) is 31.2 Å². The number of hydrogen-bond donors (Lipinski definition) is 0. The van der Waals surface area contributed by atoms with Gasteiger partial charge in [0.15, 0.2) is 0 Å². The Morgan fingerprint density at radius 2 is 1.76 bits per heavy atom. The van der Waals surface area contributed by atoms with Crippen molar-refractivity contribution in [3.05, 3.63) is 59.2 Å². The van der Waals surface area contributed by atoms with Crippen LogP contribution in [0, 0.1) is 25.7 Å². The Morgan fingerprint density at radius 1 is 1.06 bits per heavy atom. The van der Waals surface area contributed by atoms with Crippen molar-refractivity contribution >= 4 is 38.3 Å². The van der Waals surface area contributed by atoms with Gasteiger partial charge in [0, 0.05) is 10.3 Å². The normalized spacial score (nSPS) is 20.3. The van der Waals surface area contributed by atoms with Gasteiger partial charge < -0.3 is 14.6 Å². The van der Waals surface area contributed by atoms with E-state index in [4.69, 9.17) is 9.72 Å². The summed E-state index contributed by atoms with van der Waals surface area (Å²) < 4.78 is 7.61. The molecule has 4 aromatic rings. The summed E-state index contributed by atoms with van der Waals surface area (Å²) in [5.74, 6) is 0.574. The van der Waals surface area contributed by atoms with Crippen LogP contribution in [-0.4, -0.2) is 17.1 Å². The Kier molecular flexibility index (Phi) is 7.39. The molecular formula is C28H28NNaO3S. The second-order valence-electron chi connectivity index (χ2n) is 9.66. The van der Waals surface area contributed by atoms with Gasteiger partial charge in [-0.05, 0) is 79.7 Å². The fourth-order valence-corrected chi connectivity index (χ4v) is 6.56. The molecule has 2 aromatic heterocycles. The van der Waals surface area contributed by atoms with Crippen LogP contribution in [0.15, 0.2) is 42.5 Å². The minimum atomic E-state index is -1.21. The van der Waals surface area contributed by atoms with Gasteiger partial charge in [-0.1, -0.05) is 38.1 Å². The van der Waals surface area contributed by atoms with Crippen LogP contribution in [-0.2, 0) is 0 Å². The number of pyridine rings is 1. The first-order valence-electron chi connectivity index (χ1n) is 11.6. The molecule has 1 saturated carbocycles. The molecule has 0 bridgehead atoms. The largest absolute Gasteiger partial charge is 1.00 e. The van der Waals surface area contributed by atoms with Crippen LogP contribution >= 0.6 is 11.3 Å². The van der Waals surface area contributed by atoms with Crippen LogP contribution in [0.25, 0.3) is 31.6 Å². The number of thiophene rings is 1. The molecule has 0 saturated heterocycles. The fraction of sp³-hybridized carbons (Fsp3) is 0.357. The first kappa shape index (κ1) is 25.2. The molecule has 0 N–H and O–H groups in total. The van der Waals surface area contributed by atoms with Gasteiger partial charge in [0.25, 0.3) is 0 Å². The molecule has 0 spiro atoms. The van der Waals surface area contributed by atoms with E-state index in [-0.39, 0.29) is 41.2 Å². The van der Waals surface area contributed by atoms with E-state index in [1.165, 1.54) is 11.8 Å². The molecule has 2 aromatic carbocycles. The molecule has 3 atom stereocenters. The zero-order valence-corrected chi connectivity index (χ0v) is 23.3. The first-order valence-corrected chi connectivity index (χ1v) is 12.4. The molecule has 1 aliphatic rings. The van der Waals surface area contributed by atoms with Crippen LogP contribution in [0.4, 0.5) is 0 Å². The molecule has 5 rings (SSSR count). The average molecular weight is 482 g/mol. The van der Waals surface area contributed by atoms with E-state index >= 15 is 0 Å². The number of fused-ring (bicyclic) bond motifs is 2. The van der Waals surface area contributed by atoms with Gasteiger partial charge in [-0.25, -0.2) is 4.98 Å². The molecular weight excluding hydrogens is 453 g/mol. The maximum atomic E-state index is 12.3. The van der Waals surface area contributed by atoms with Crippen LogP contribution in [0.1, 0.15) is 54.6 Å². The van der Waals surface area contributed by atoms with E-state index < -0.39 is 5.97 Å². The van der Waals surface area contributed by atoms with E-state index in [0.717, 1.165) is 33.5 Å². The molecule has 0 aliphatic heterocycles. The van der Waals surface area contributed by atoms with E-state index in [9.17, 15) is 9.90 Å². The monoisotopic (exact) mass is 481 g/mol. The zero-order valence-electron chi connectivity index (χ0n) is 20.5. The number of hydrogen-bond acceptors (Lipinski definition) is 5. The topological polar surface area (TPSA) is 62.2 Å². The van der Waals surface area contributed by atoms with E-state index in [2.05, 4.69) is 32.9 Å². The average Bonchev–Trinajstić information content (AvgIpc) is 3.11. The third kappa shape index (κ3) is 4.64. The number of carboxylic acids is 1. The summed E-state index contributed by atoms with van der Waals surface area (Å²) in [5.41, 5.74) is 3.51. The molecule has 0 radical (unpaired) electrons. The van der Waals surface area contributed by atoms with Crippen molar-refractivity contribution in [2.45, 2.75) is 53.1 Å². The van der Waals surface area contributed by atoms with Gasteiger partial charge in [0.2, 0.25) is 0 Å². The minimum absolute atomic E-state index is 0. The quantitative estimate of drug-likeness (QED) is 0.420. The molecule has 4 nitrogen and oxygen atoms in total. The fourth-order valence-electron chi connectivity index (χ4n) is 5.39. The Balaban J connectivity index is 0.00000274. The summed E-state index contributed by atoms with van der Waals surface area (Å²) in [7, 11) is 0. The van der Waals surface area contributed by atoms with Crippen molar-refractivity contribution in [3.63, 3.8) is 0 Å². The van der Waals surface area contributed by atoms with E-state index in [1.54, 1.807) is 17.4 Å². The first-order chi connectivity index (χ1) is 15.8. The second-order valence-corrected chi connectivity index (χ2v) is 10.7. The number of rotatable bonds is 4. The summed E-state index contributed by atoms with van der Waals surface area (Å²) in [6.07, 6.45) is 3.24. The van der Waals surface area contributed by atoms with Crippen molar-refractivity contribution < 1.29 is 44.2 Å². The van der Waals surface area contributed by atoms with Crippen LogP contribution in [0.2, 0.25) is 0 Å². The summed E-state index contributed by atoms with van der Waals surface area (Å²) in [4.78, 5) is 18.3. The number of carbonyl (C=O) groups excluding carboxylic acids is 1. The van der Waals surface area contributed by atoms with Gasteiger partial charge in [0.05, 0.1) is 33.5 Å². The number of benzene rings is 2. The Hall–Kier alpha value is -1.92. The summed E-state index contributed by atoms with van der Waals surface area (Å²) in [6, 6.07) is 13.7. The van der Waals surface area contributed by atoms with Gasteiger partial charge >= 0.3 is 29.6 Å². The Bertz CT molecular complexity index is 1370. The summed E-state index contributed by atoms with van der Waals surface area (Å²) >= 11 is 1.64. The maximum Gasteiger partial charge on any atom is 1.00 e. The van der Waals surface area contributed by atoms with Crippen molar-refractivity contribution in [3.8, 4) is 16.3 Å². The smallest absolute Gasteiger partial charge is 0.545 e. The van der Waals surface area contributed by atoms with Crippen molar-refractivity contribution in [2.24, 2.45) is 11.8 Å². The van der Waals surface area contributed by atoms with Gasteiger partial charge in [-0.3, -0.25) is 0 Å². The molecule has 170 valence electrons. The molecule has 1 fully saturated rings. The van der Waals surface area contributed by atoms with Crippen LogP contribution < -0.4 is 39.4 Å². The third-order valence-corrected chi connectivity index (χ3v) is 8.14. The van der Waals surface area contributed by atoms with Crippen LogP contribution in [0.3, 0.4) is 0 Å². The minimum Gasteiger partial charge on any atom is -0.545 e. The molecule has 34 heavy (non-hydrogen) atoms. The second kappa shape index (κ2) is 9.98. The SMILES string of the molecule is Cc1c(-c2cc(C(=O)[O-])c3c(OC4C[C@@H](C)C[C@@H](C)C4)ccc(C)c3n2)sc2ccccc12.[Na+]. The summed E-state index contributed by atoms with van der Waals surface area (Å²) in [6.45, 7) is 8.54. The number of carboxylic acid groups (broad SMARTS) is 1. The number of carbonyl (C=O) groups is 1. The zero-order chi connectivity index (χ0) is 23.3. The Morgan fingerprint density at radius 3 is 2.44 bits per heavy atom. The Labute approximate surface area is 226 Å². The number of ether oxygens (including phenoxy) is 1. The van der Waals surface area contributed by atoms with Gasteiger partial charge in [-0.15, -0.1) is 11.3 Å². The number of nitrogens with zero attached hydrogens (tertiary/aromatic N) is 1. The molecule has 0 amide bonds. The van der Waals surface area contributed by atoms with Crippen LogP contribution in [0.5, 0.6) is 5.75 Å². The predicted molar refractivity (Wildman–Crippen MR) is 133 cm³/mol. The van der Waals surface area contributed by atoms with Gasteiger partial charge in [-0.2, -0.15) is 0 Å². The van der Waals surface area contributed by atoms with Crippen molar-refractivity contribution in [1.82, 2.24) is 4.98 Å². The molecule has 1 unspecified atom stereocenters. The third-order valence-electron chi connectivity index (χ3n) is 6.85. The number of aromatic nitrogens is 1. The maximum absolute atomic E-state index is 12.3. The van der Waals surface area contributed by atoms with Crippen molar-refractivity contribution in [1.29, 1.82) is 0 Å². The van der Waals surface area contributed by atoms with Crippen molar-refractivity contribution in [2.75, 3.05) is 0 Å². The van der Waals surface area contributed by atoms with Gasteiger partial charge in [0.1, 0.15) is 5.75 Å². The van der Waals surface area contributed by atoms with E-state index in [0.29, 0.717) is 34.2 Å². The summed E-state index contributed by atoms with van der Waals surface area (Å²) in [5, 5.41) is 14.0. The standard InChI is InChI=1S/C28H29NO3S.Na/c1-15-11-16(2)13-19(12-15)32-23-10-9-17(3)26-25(23)21(28(30)31)14-22(29-26)27-18(4)20-7-5-6-8-24(20)33-27;/h5-10,14-16,19H,11-13H2,1-4H3,(H,30,31);/q;+1/p-1/t15-,16+,19?;.